The third kappa shape index (κ3) is 3.36. The Morgan fingerprint density at radius 2 is 1.84 bits per heavy atom. The van der Waals surface area contributed by atoms with Crippen molar-refractivity contribution in [2.24, 2.45) is 5.92 Å². The van der Waals surface area contributed by atoms with Crippen molar-refractivity contribution >= 4 is 23.1 Å². The number of carbonyl (C=O) groups is 2. The number of nitrogens with one attached hydrogen (secondary N) is 1. The van der Waals surface area contributed by atoms with Gasteiger partial charge in [-0.3, -0.25) is 14.5 Å². The van der Waals surface area contributed by atoms with Crippen LogP contribution in [0.2, 0.25) is 0 Å². The summed E-state index contributed by atoms with van der Waals surface area (Å²) in [5.74, 6) is -1.22. The summed E-state index contributed by atoms with van der Waals surface area (Å²) in [6.45, 7) is 0. The lowest BCUT2D eigenvalue weighted by molar-refractivity contribution is -0.132. The van der Waals surface area contributed by atoms with Gasteiger partial charge in [-0.25, -0.2) is 0 Å². The molecule has 1 saturated heterocycles. The fraction of sp³-hybridized carbons (Fsp3) is 0.292. The third-order valence-electron chi connectivity index (χ3n) is 6.33. The molecule has 2 aliphatic rings. The monoisotopic (exact) mass is 417 g/mol. The number of aliphatic hydroxyl groups is 1. The number of aromatic nitrogens is 2. The van der Waals surface area contributed by atoms with Crippen LogP contribution in [0.15, 0.2) is 65.2 Å². The van der Waals surface area contributed by atoms with E-state index in [1.54, 1.807) is 29.4 Å². The highest BCUT2D eigenvalue weighted by atomic mass is 16.5. The number of rotatable bonds is 4. The molecule has 2 fully saturated rings. The fourth-order valence-corrected chi connectivity index (χ4v) is 4.82. The van der Waals surface area contributed by atoms with Crippen molar-refractivity contribution < 1.29 is 19.2 Å². The van der Waals surface area contributed by atoms with E-state index >= 15 is 0 Å². The number of benzene rings is 1. The van der Waals surface area contributed by atoms with Gasteiger partial charge >= 0.3 is 0 Å². The van der Waals surface area contributed by atoms with Crippen molar-refractivity contribution in [2.45, 2.75) is 38.1 Å². The Kier molecular flexibility index (Phi) is 4.94. The summed E-state index contributed by atoms with van der Waals surface area (Å²) in [5.41, 5.74) is 2.91. The minimum Gasteiger partial charge on any atom is -0.507 e. The molecule has 0 radical (unpaired) electrons. The molecule has 1 aliphatic heterocycles. The number of aliphatic hydroxyl groups excluding tert-OH is 1. The molecule has 7 nitrogen and oxygen atoms in total. The zero-order valence-electron chi connectivity index (χ0n) is 17.0. The van der Waals surface area contributed by atoms with E-state index in [0.29, 0.717) is 16.9 Å². The molecule has 1 atom stereocenters. The number of ketones is 1. The summed E-state index contributed by atoms with van der Waals surface area (Å²) in [6, 6.07) is 10.3. The Balaban J connectivity index is 1.58. The number of aromatic amines is 1. The summed E-state index contributed by atoms with van der Waals surface area (Å²) in [4.78, 5) is 30.7. The summed E-state index contributed by atoms with van der Waals surface area (Å²) in [6.07, 6.45) is 9.93. The smallest absolute Gasteiger partial charge is 0.299 e. The molecule has 3 heterocycles. The summed E-state index contributed by atoms with van der Waals surface area (Å²) >= 11 is 0. The number of nitrogens with zero attached hydrogens (tertiary/aromatic N) is 2. The Hall–Kier alpha value is -3.61. The lowest BCUT2D eigenvalue weighted by Gasteiger charge is -2.34. The first-order chi connectivity index (χ1) is 15.1. The first-order valence-electron chi connectivity index (χ1n) is 10.6. The van der Waals surface area contributed by atoms with Crippen LogP contribution in [-0.4, -0.2) is 33.0 Å². The van der Waals surface area contributed by atoms with Crippen molar-refractivity contribution in [1.29, 1.82) is 0 Å². The molecule has 1 amide bonds. The molecule has 1 unspecified atom stereocenters. The lowest BCUT2D eigenvalue weighted by atomic mass is 9.80. The van der Waals surface area contributed by atoms with Crippen molar-refractivity contribution in [3.63, 3.8) is 0 Å². The van der Waals surface area contributed by atoms with E-state index in [2.05, 4.69) is 10.1 Å². The van der Waals surface area contributed by atoms with E-state index in [1.165, 1.54) is 6.26 Å². The molecule has 31 heavy (non-hydrogen) atoms. The average Bonchev–Trinajstić information content (AvgIpc) is 3.57. The van der Waals surface area contributed by atoms with Gasteiger partial charge < -0.3 is 14.6 Å². The predicted octanol–water partition coefficient (Wildman–Crippen LogP) is 4.50. The molecule has 5 rings (SSSR count). The highest BCUT2D eigenvalue weighted by molar-refractivity contribution is 6.51. The van der Waals surface area contributed by atoms with Gasteiger partial charge in [-0.2, -0.15) is 0 Å². The molecular weight excluding hydrogens is 394 g/mol. The first kappa shape index (κ1) is 19.4. The molecular formula is C24H23N3O4. The molecule has 0 bridgehead atoms. The Morgan fingerprint density at radius 3 is 2.48 bits per heavy atom. The Morgan fingerprint density at radius 1 is 1.06 bits per heavy atom. The zero-order valence-corrected chi connectivity index (χ0v) is 17.0. The van der Waals surface area contributed by atoms with Gasteiger partial charge in [0.1, 0.15) is 17.7 Å². The van der Waals surface area contributed by atoms with Gasteiger partial charge in [-0.05, 0) is 37.0 Å². The van der Waals surface area contributed by atoms with Crippen LogP contribution >= 0.6 is 0 Å². The van der Waals surface area contributed by atoms with Crippen LogP contribution in [-0.2, 0) is 9.59 Å². The standard InChI is InChI=1S/C24H23N3O4/c28-22(17-10-12-25-14-17)20-21(16-4-2-1-3-5-16)27(24(30)23(20)29)18-8-6-15(7-9-18)19-11-13-31-26-19/h6-14,16,21,25,28H,1-5H2. The van der Waals surface area contributed by atoms with Crippen LogP contribution in [0.4, 0.5) is 5.69 Å². The highest BCUT2D eigenvalue weighted by Gasteiger charge is 2.49. The van der Waals surface area contributed by atoms with Crippen LogP contribution in [0, 0.1) is 5.92 Å². The largest absolute Gasteiger partial charge is 0.507 e. The number of amides is 1. The number of hydrogen-bond acceptors (Lipinski definition) is 5. The second kappa shape index (κ2) is 7.91. The maximum absolute atomic E-state index is 13.2. The van der Waals surface area contributed by atoms with Crippen molar-refractivity contribution in [3.8, 4) is 11.3 Å². The molecule has 3 aromatic rings. The van der Waals surface area contributed by atoms with Crippen LogP contribution in [0.5, 0.6) is 0 Å². The minimum atomic E-state index is -0.630. The normalized spacial score (nSPS) is 21.7. The van der Waals surface area contributed by atoms with Gasteiger partial charge in [0.2, 0.25) is 0 Å². The van der Waals surface area contributed by atoms with Crippen LogP contribution in [0.1, 0.15) is 37.7 Å². The second-order valence-corrected chi connectivity index (χ2v) is 8.14. The van der Waals surface area contributed by atoms with Crippen LogP contribution in [0.3, 0.4) is 0 Å². The van der Waals surface area contributed by atoms with E-state index in [-0.39, 0.29) is 17.3 Å². The van der Waals surface area contributed by atoms with E-state index in [4.69, 9.17) is 4.52 Å². The van der Waals surface area contributed by atoms with E-state index in [9.17, 15) is 14.7 Å². The minimum absolute atomic E-state index is 0.114. The van der Waals surface area contributed by atoms with Gasteiger partial charge in [-0.15, -0.1) is 0 Å². The predicted molar refractivity (Wildman–Crippen MR) is 115 cm³/mol. The molecule has 1 aliphatic carbocycles. The van der Waals surface area contributed by atoms with Gasteiger partial charge in [-0.1, -0.05) is 36.6 Å². The molecule has 2 aromatic heterocycles. The van der Waals surface area contributed by atoms with Gasteiger partial charge in [0, 0.05) is 35.3 Å². The topological polar surface area (TPSA) is 99.4 Å². The molecule has 1 aromatic carbocycles. The number of H-pyrrole nitrogens is 1. The van der Waals surface area contributed by atoms with Gasteiger partial charge in [0.25, 0.3) is 11.7 Å². The van der Waals surface area contributed by atoms with Crippen LogP contribution < -0.4 is 4.90 Å². The summed E-state index contributed by atoms with van der Waals surface area (Å²) in [5, 5.41) is 14.9. The average molecular weight is 417 g/mol. The number of anilines is 1. The maximum Gasteiger partial charge on any atom is 0.299 e. The number of hydrogen-bond donors (Lipinski definition) is 2. The fourth-order valence-electron chi connectivity index (χ4n) is 4.82. The quantitative estimate of drug-likeness (QED) is 0.370. The van der Waals surface area contributed by atoms with Gasteiger partial charge in [0.15, 0.2) is 0 Å². The number of carbonyl (C=O) groups excluding carboxylic acids is 2. The molecule has 2 N–H and O–H groups in total. The molecule has 158 valence electrons. The molecule has 7 heteroatoms. The lowest BCUT2D eigenvalue weighted by Crippen LogP contribution is -2.40. The highest BCUT2D eigenvalue weighted by Crippen LogP contribution is 2.41. The van der Waals surface area contributed by atoms with Gasteiger partial charge in [0.05, 0.1) is 11.6 Å². The third-order valence-corrected chi connectivity index (χ3v) is 6.33. The number of Topliss-reactive ketones (excluding diaryl/α,β-unsaturated/α-hetero) is 1. The van der Waals surface area contributed by atoms with Crippen molar-refractivity contribution in [2.75, 3.05) is 4.90 Å². The first-order valence-corrected chi connectivity index (χ1v) is 10.6. The van der Waals surface area contributed by atoms with Crippen LogP contribution in [0.25, 0.3) is 17.0 Å². The van der Waals surface area contributed by atoms with Crippen molar-refractivity contribution in [1.82, 2.24) is 10.1 Å². The second-order valence-electron chi connectivity index (χ2n) is 8.14. The zero-order chi connectivity index (χ0) is 21.4. The summed E-state index contributed by atoms with van der Waals surface area (Å²) in [7, 11) is 0. The SMILES string of the molecule is O=C1C(=O)N(c2ccc(-c3ccon3)cc2)C(C2CCCCC2)C1=C(O)c1cc[nH]c1. The van der Waals surface area contributed by atoms with E-state index in [0.717, 1.165) is 37.7 Å². The molecule has 1 saturated carbocycles. The Labute approximate surface area is 179 Å². The molecule has 0 spiro atoms. The Bertz CT molecular complexity index is 1110. The van der Waals surface area contributed by atoms with Crippen molar-refractivity contribution in [3.05, 3.63) is 66.2 Å². The summed E-state index contributed by atoms with van der Waals surface area (Å²) < 4.78 is 4.91. The van der Waals surface area contributed by atoms with E-state index in [1.807, 2.05) is 24.3 Å². The maximum atomic E-state index is 13.2. The van der Waals surface area contributed by atoms with E-state index < -0.39 is 17.7 Å².